The zero-order chi connectivity index (χ0) is 28.6. The van der Waals surface area contributed by atoms with Crippen LogP contribution >= 0.6 is 0 Å². The molecule has 212 valence electrons. The van der Waals surface area contributed by atoms with Crippen LogP contribution in [0.15, 0.2) is 36.4 Å². The molecule has 12 heteroatoms. The molecule has 11 nitrogen and oxygen atoms in total. The molecule has 0 bridgehead atoms. The second-order valence-electron chi connectivity index (χ2n) is 10.6. The van der Waals surface area contributed by atoms with E-state index in [0.717, 1.165) is 19.4 Å². The van der Waals surface area contributed by atoms with E-state index in [-0.39, 0.29) is 59.7 Å². The Labute approximate surface area is 231 Å². The van der Waals surface area contributed by atoms with Crippen molar-refractivity contribution in [1.82, 2.24) is 19.8 Å². The Kier molecular flexibility index (Phi) is 7.61. The molecule has 2 aliphatic rings. The van der Waals surface area contributed by atoms with Gasteiger partial charge in [0.1, 0.15) is 18.1 Å². The molecular weight excluding hydrogens is 517 g/mol. The van der Waals surface area contributed by atoms with E-state index in [4.69, 9.17) is 10.5 Å². The number of carbonyl (C=O) groups excluding carboxylic acids is 1. The maximum Gasteiger partial charge on any atom is 0.407 e. The lowest BCUT2D eigenvalue weighted by Crippen LogP contribution is -2.58. The Balaban J connectivity index is 1.51. The Morgan fingerprint density at radius 1 is 1.15 bits per heavy atom. The highest BCUT2D eigenvalue weighted by Gasteiger charge is 2.35. The van der Waals surface area contributed by atoms with Crippen molar-refractivity contribution >= 4 is 40.0 Å². The zero-order valence-electron chi connectivity index (χ0n) is 22.8. The smallest absolute Gasteiger partial charge is 0.407 e. The van der Waals surface area contributed by atoms with Gasteiger partial charge < -0.3 is 35.6 Å². The highest BCUT2D eigenvalue weighted by atomic mass is 19.1. The molecule has 2 amide bonds. The number of anilines is 3. The van der Waals surface area contributed by atoms with E-state index < -0.39 is 17.8 Å². The second-order valence-corrected chi connectivity index (χ2v) is 10.6. The number of hydrogen-bond donors (Lipinski definition) is 3. The summed E-state index contributed by atoms with van der Waals surface area (Å²) in [6.07, 6.45) is 1.04. The number of nitrogens with two attached hydrogens (primary N) is 1. The number of fused-ring (bicyclic) bond motifs is 1. The van der Waals surface area contributed by atoms with Gasteiger partial charge in [0.2, 0.25) is 0 Å². The number of likely N-dealkylation sites (tertiary alicyclic amines) is 1. The third-order valence-electron chi connectivity index (χ3n) is 7.73. The van der Waals surface area contributed by atoms with Gasteiger partial charge in [-0.05, 0) is 57.8 Å². The minimum absolute atomic E-state index is 0.00110. The molecule has 0 aliphatic carbocycles. The van der Waals surface area contributed by atoms with Crippen LogP contribution in [-0.2, 0) is 0 Å². The number of rotatable bonds is 6. The van der Waals surface area contributed by atoms with Gasteiger partial charge in [-0.15, -0.1) is 0 Å². The van der Waals surface area contributed by atoms with Gasteiger partial charge in [-0.1, -0.05) is 24.3 Å². The van der Waals surface area contributed by atoms with E-state index in [9.17, 15) is 19.1 Å². The van der Waals surface area contributed by atoms with Crippen molar-refractivity contribution in [1.29, 1.82) is 0 Å². The summed E-state index contributed by atoms with van der Waals surface area (Å²) in [5, 5.41) is 13.2. The number of ether oxygens (including phenoxy) is 1. The number of aromatic nitrogens is 2. The number of carboxylic acid groups (broad SMARTS) is 1. The molecule has 3 atom stereocenters. The van der Waals surface area contributed by atoms with Crippen molar-refractivity contribution in [3.05, 3.63) is 47.9 Å². The number of nitrogens with one attached hydrogen (secondary N) is 1. The van der Waals surface area contributed by atoms with Crippen LogP contribution in [0, 0.1) is 5.82 Å². The van der Waals surface area contributed by atoms with E-state index in [1.54, 1.807) is 30.3 Å². The van der Waals surface area contributed by atoms with Crippen LogP contribution in [0.5, 0.6) is 6.01 Å². The minimum Gasteiger partial charge on any atom is -0.465 e. The first-order chi connectivity index (χ1) is 19.1. The molecule has 1 aromatic heterocycles. The largest absolute Gasteiger partial charge is 0.465 e. The molecule has 2 aromatic carbocycles. The fraction of sp³-hybridized carbons (Fsp3) is 0.429. The first-order valence-electron chi connectivity index (χ1n) is 13.4. The first kappa shape index (κ1) is 27.4. The zero-order valence-corrected chi connectivity index (χ0v) is 22.8. The quantitative estimate of drug-likeness (QED) is 0.419. The number of hydrogen-bond acceptors (Lipinski definition) is 8. The molecular formula is C28H34FN7O4. The minimum atomic E-state index is -0.999. The molecule has 0 saturated carbocycles. The van der Waals surface area contributed by atoms with E-state index in [0.29, 0.717) is 17.8 Å². The molecule has 0 spiro atoms. The third kappa shape index (κ3) is 5.31. The van der Waals surface area contributed by atoms with Crippen molar-refractivity contribution in [2.75, 3.05) is 49.2 Å². The summed E-state index contributed by atoms with van der Waals surface area (Å²) in [4.78, 5) is 39.7. The van der Waals surface area contributed by atoms with Crippen LogP contribution in [0.25, 0.3) is 10.8 Å². The topological polar surface area (TPSA) is 137 Å². The third-order valence-corrected chi connectivity index (χ3v) is 7.73. The molecule has 0 radical (unpaired) electrons. The van der Waals surface area contributed by atoms with E-state index >= 15 is 0 Å². The predicted octanol–water partition coefficient (Wildman–Crippen LogP) is 3.65. The van der Waals surface area contributed by atoms with Gasteiger partial charge >= 0.3 is 12.1 Å². The monoisotopic (exact) mass is 551 g/mol. The molecule has 2 fully saturated rings. The lowest BCUT2D eigenvalue weighted by molar-refractivity contribution is 0.102. The van der Waals surface area contributed by atoms with Crippen LogP contribution in [0.1, 0.15) is 37.2 Å². The van der Waals surface area contributed by atoms with Gasteiger partial charge in [0.05, 0.1) is 5.69 Å². The van der Waals surface area contributed by atoms with Crippen molar-refractivity contribution in [3.63, 3.8) is 0 Å². The van der Waals surface area contributed by atoms with Gasteiger partial charge in [0.15, 0.2) is 11.5 Å². The van der Waals surface area contributed by atoms with Crippen molar-refractivity contribution in [2.45, 2.75) is 44.8 Å². The van der Waals surface area contributed by atoms with Gasteiger partial charge in [-0.3, -0.25) is 4.79 Å². The summed E-state index contributed by atoms with van der Waals surface area (Å²) >= 11 is 0. The van der Waals surface area contributed by atoms with E-state index in [1.165, 1.54) is 11.0 Å². The fourth-order valence-corrected chi connectivity index (χ4v) is 5.71. The van der Waals surface area contributed by atoms with Crippen LogP contribution in [0.3, 0.4) is 0 Å². The molecule has 0 unspecified atom stereocenters. The van der Waals surface area contributed by atoms with Crippen LogP contribution < -0.4 is 20.7 Å². The Morgan fingerprint density at radius 3 is 2.50 bits per heavy atom. The summed E-state index contributed by atoms with van der Waals surface area (Å²) in [6, 6.07) is 9.43. The average molecular weight is 552 g/mol. The number of nitrogen functional groups attached to an aromatic ring is 1. The number of carbonyl (C=O) groups is 2. The normalized spacial score (nSPS) is 21.6. The molecule has 3 heterocycles. The predicted molar refractivity (Wildman–Crippen MR) is 150 cm³/mol. The molecule has 4 N–H and O–H groups in total. The number of piperazine rings is 1. The standard InChI is InChI=1S/C28H34FN7O4/c1-16-13-35(28(38)39)14-17(2)36(16)25-23(30)24(32-27(33-25)40-15-19-9-6-12-34(19)3)26(37)31-21-11-5-8-18-7-4-10-20(29)22(18)21/h4-5,7-8,10-11,16-17,19H,6,9,12-15,30H2,1-3H3,(H,31,37)(H,38,39)/t16-,17-,19-/m0/s1. The lowest BCUT2D eigenvalue weighted by Gasteiger charge is -2.44. The second kappa shape index (κ2) is 11.1. The number of likely N-dealkylation sites (N-methyl/N-ethyl adjacent to an activating group) is 1. The summed E-state index contributed by atoms with van der Waals surface area (Å²) in [5.74, 6) is -0.804. The molecule has 2 saturated heterocycles. The van der Waals surface area contributed by atoms with E-state index in [2.05, 4.69) is 20.2 Å². The number of halogens is 1. The van der Waals surface area contributed by atoms with Gasteiger partial charge in [-0.25, -0.2) is 9.18 Å². The highest BCUT2D eigenvalue weighted by Crippen LogP contribution is 2.33. The summed E-state index contributed by atoms with van der Waals surface area (Å²) in [6.45, 7) is 5.54. The first-order valence-corrected chi connectivity index (χ1v) is 13.4. The molecule has 5 rings (SSSR count). The van der Waals surface area contributed by atoms with Crippen LogP contribution in [0.4, 0.5) is 26.4 Å². The maximum absolute atomic E-state index is 14.7. The maximum atomic E-state index is 14.7. The van der Waals surface area contributed by atoms with Crippen molar-refractivity contribution in [2.24, 2.45) is 0 Å². The number of benzene rings is 2. The van der Waals surface area contributed by atoms with Crippen molar-refractivity contribution in [3.8, 4) is 6.01 Å². The fourth-order valence-electron chi connectivity index (χ4n) is 5.71. The van der Waals surface area contributed by atoms with Crippen molar-refractivity contribution < 1.29 is 23.8 Å². The Morgan fingerprint density at radius 2 is 1.85 bits per heavy atom. The van der Waals surface area contributed by atoms with Gasteiger partial charge in [0.25, 0.3) is 5.91 Å². The highest BCUT2D eigenvalue weighted by molar-refractivity contribution is 6.11. The van der Waals surface area contributed by atoms with Gasteiger partial charge in [-0.2, -0.15) is 9.97 Å². The van der Waals surface area contributed by atoms with Crippen LogP contribution in [-0.4, -0.2) is 88.3 Å². The Bertz CT molecular complexity index is 1420. The molecule has 40 heavy (non-hydrogen) atoms. The number of nitrogens with zero attached hydrogens (tertiary/aromatic N) is 5. The Hall–Kier alpha value is -4.19. The summed E-state index contributed by atoms with van der Waals surface area (Å²) in [7, 11) is 2.03. The summed E-state index contributed by atoms with van der Waals surface area (Å²) in [5.41, 5.74) is 6.76. The van der Waals surface area contributed by atoms with Gasteiger partial charge in [0, 0.05) is 36.6 Å². The number of amides is 2. The average Bonchev–Trinajstić information content (AvgIpc) is 3.32. The summed E-state index contributed by atoms with van der Waals surface area (Å²) < 4.78 is 20.7. The van der Waals surface area contributed by atoms with Crippen LogP contribution in [0.2, 0.25) is 0 Å². The lowest BCUT2D eigenvalue weighted by atomic mass is 10.1. The molecule has 3 aromatic rings. The molecule has 2 aliphatic heterocycles. The SMILES string of the molecule is C[C@H]1CN(C(=O)O)C[C@H](C)N1c1nc(OC[C@@H]2CCCN2C)nc(C(=O)Nc2cccc3cccc(F)c23)c1N. The van der Waals surface area contributed by atoms with E-state index in [1.807, 2.05) is 25.8 Å².